The van der Waals surface area contributed by atoms with E-state index in [4.69, 9.17) is 9.47 Å². The van der Waals surface area contributed by atoms with Crippen molar-refractivity contribution in [3.63, 3.8) is 0 Å². The molecular weight excluding hydrogens is 428 g/mol. The van der Waals surface area contributed by atoms with Crippen molar-refractivity contribution in [1.82, 2.24) is 0 Å². The van der Waals surface area contributed by atoms with Crippen LogP contribution in [0.15, 0.2) is 36.4 Å². The lowest BCUT2D eigenvalue weighted by Crippen LogP contribution is -2.19. The van der Waals surface area contributed by atoms with Gasteiger partial charge in [-0.25, -0.2) is 0 Å². The Bertz CT molecular complexity index is 753. The van der Waals surface area contributed by atoms with E-state index in [1.807, 2.05) is 24.3 Å². The highest BCUT2D eigenvalue weighted by atomic mass is 16.5. The van der Waals surface area contributed by atoms with Gasteiger partial charge >= 0.3 is 0 Å². The third kappa shape index (κ3) is 11.2. The van der Waals surface area contributed by atoms with Crippen molar-refractivity contribution in [2.24, 2.45) is 23.7 Å². The van der Waals surface area contributed by atoms with Crippen molar-refractivity contribution in [1.29, 1.82) is 0 Å². The summed E-state index contributed by atoms with van der Waals surface area (Å²) in [6.45, 7) is 6.13. The first-order chi connectivity index (χ1) is 17.3. The number of benzene rings is 1. The highest BCUT2D eigenvalue weighted by Crippen LogP contribution is 2.33. The molecule has 194 valence electrons. The second-order valence-corrected chi connectivity index (χ2v) is 11.0. The first-order valence-corrected chi connectivity index (χ1v) is 14.8. The van der Waals surface area contributed by atoms with Gasteiger partial charge in [-0.3, -0.25) is 0 Å². The van der Waals surface area contributed by atoms with Gasteiger partial charge in [0.2, 0.25) is 0 Å². The quantitative estimate of drug-likeness (QED) is 0.208. The Morgan fingerprint density at radius 2 is 1.37 bits per heavy atom. The van der Waals surface area contributed by atoms with Gasteiger partial charge in [-0.1, -0.05) is 70.3 Å². The lowest BCUT2D eigenvalue weighted by atomic mass is 9.79. The number of rotatable bonds is 13. The van der Waals surface area contributed by atoms with Gasteiger partial charge in [0.25, 0.3) is 0 Å². The molecule has 0 atom stereocenters. The van der Waals surface area contributed by atoms with Crippen LogP contribution in [0.3, 0.4) is 0 Å². The van der Waals surface area contributed by atoms with Crippen LogP contribution in [0.5, 0.6) is 11.5 Å². The maximum Gasteiger partial charge on any atom is 0.119 e. The number of unbranched alkanes of at least 4 members (excludes halogenated alkanes) is 4. The molecule has 0 aromatic heterocycles. The van der Waals surface area contributed by atoms with Crippen LogP contribution in [0.2, 0.25) is 0 Å². The Labute approximate surface area is 216 Å². The summed E-state index contributed by atoms with van der Waals surface area (Å²) in [6.07, 6.45) is 24.2. The molecule has 0 radical (unpaired) electrons. The molecule has 2 nitrogen and oxygen atoms in total. The molecule has 0 aliphatic heterocycles. The third-order valence-electron chi connectivity index (χ3n) is 8.02. The maximum absolute atomic E-state index is 6.08. The van der Waals surface area contributed by atoms with Crippen molar-refractivity contribution in [3.05, 3.63) is 36.4 Å². The van der Waals surface area contributed by atoms with Crippen molar-refractivity contribution in [2.45, 2.75) is 110 Å². The Kier molecular flexibility index (Phi) is 13.2. The predicted molar refractivity (Wildman–Crippen MR) is 149 cm³/mol. The molecule has 3 rings (SSSR count). The molecule has 0 bridgehead atoms. The van der Waals surface area contributed by atoms with Crippen LogP contribution in [0.25, 0.3) is 0 Å². The molecule has 2 fully saturated rings. The van der Waals surface area contributed by atoms with Gasteiger partial charge in [-0.05, 0) is 106 Å². The van der Waals surface area contributed by atoms with E-state index in [9.17, 15) is 0 Å². The van der Waals surface area contributed by atoms with Gasteiger partial charge in [-0.15, -0.1) is 0 Å². The van der Waals surface area contributed by atoms with Gasteiger partial charge in [-0.2, -0.15) is 0 Å². The number of ether oxygens (including phenoxy) is 2. The summed E-state index contributed by atoms with van der Waals surface area (Å²) in [7, 11) is 0. The summed E-state index contributed by atoms with van der Waals surface area (Å²) in [5, 5.41) is 0. The minimum Gasteiger partial charge on any atom is -0.494 e. The van der Waals surface area contributed by atoms with Crippen LogP contribution in [-0.4, -0.2) is 13.2 Å². The van der Waals surface area contributed by atoms with Crippen LogP contribution >= 0.6 is 0 Å². The Balaban J connectivity index is 1.26. The fourth-order valence-electron chi connectivity index (χ4n) is 5.56. The molecule has 2 saturated carbocycles. The van der Waals surface area contributed by atoms with Crippen LogP contribution in [0, 0.1) is 35.5 Å². The van der Waals surface area contributed by atoms with Gasteiger partial charge in [0.15, 0.2) is 0 Å². The molecule has 35 heavy (non-hydrogen) atoms. The van der Waals surface area contributed by atoms with E-state index in [2.05, 4.69) is 37.8 Å². The zero-order chi connectivity index (χ0) is 24.6. The van der Waals surface area contributed by atoms with E-state index < -0.39 is 0 Å². The largest absolute Gasteiger partial charge is 0.494 e. The first-order valence-electron chi connectivity index (χ1n) is 14.8. The van der Waals surface area contributed by atoms with Crippen LogP contribution in [0.1, 0.15) is 110 Å². The molecule has 0 unspecified atom stereocenters. The Morgan fingerprint density at radius 1 is 0.743 bits per heavy atom. The SMILES string of the molecule is CCCCCOc1ccc(OC[C@H]2CC[C@H](C#C/C=C/[C@H]3CC[C@H](CCCCC)CC3)CC2)cc1. The van der Waals surface area contributed by atoms with Crippen molar-refractivity contribution in [2.75, 3.05) is 13.2 Å². The molecule has 2 heteroatoms. The van der Waals surface area contributed by atoms with Crippen LogP contribution < -0.4 is 9.47 Å². The smallest absolute Gasteiger partial charge is 0.119 e. The second-order valence-electron chi connectivity index (χ2n) is 11.0. The van der Waals surface area contributed by atoms with E-state index in [0.717, 1.165) is 43.0 Å². The molecule has 1 aromatic rings. The summed E-state index contributed by atoms with van der Waals surface area (Å²) in [6, 6.07) is 8.14. The molecule has 0 saturated heterocycles. The van der Waals surface area contributed by atoms with Crippen molar-refractivity contribution in [3.8, 4) is 23.3 Å². The molecule has 0 amide bonds. The average molecular weight is 479 g/mol. The van der Waals surface area contributed by atoms with Gasteiger partial charge < -0.3 is 9.47 Å². The van der Waals surface area contributed by atoms with Crippen LogP contribution in [-0.2, 0) is 0 Å². The Hall–Kier alpha value is -1.88. The van der Waals surface area contributed by atoms with Gasteiger partial charge in [0.1, 0.15) is 11.5 Å². The fourth-order valence-corrected chi connectivity index (χ4v) is 5.56. The molecule has 2 aliphatic rings. The predicted octanol–water partition coefficient (Wildman–Crippen LogP) is 9.39. The monoisotopic (exact) mass is 478 g/mol. The second kappa shape index (κ2) is 16.7. The zero-order valence-electron chi connectivity index (χ0n) is 22.6. The minimum atomic E-state index is 0.564. The topological polar surface area (TPSA) is 18.5 Å². The first kappa shape index (κ1) is 27.7. The summed E-state index contributed by atoms with van der Waals surface area (Å²) in [4.78, 5) is 0. The van der Waals surface area contributed by atoms with Crippen molar-refractivity contribution < 1.29 is 9.47 Å². The lowest BCUT2D eigenvalue weighted by Gasteiger charge is -2.26. The van der Waals surface area contributed by atoms with Crippen LogP contribution in [0.4, 0.5) is 0 Å². The maximum atomic E-state index is 6.08. The minimum absolute atomic E-state index is 0.564. The number of hydrogen-bond acceptors (Lipinski definition) is 2. The third-order valence-corrected chi connectivity index (χ3v) is 8.02. The van der Waals surface area contributed by atoms with E-state index in [1.54, 1.807) is 0 Å². The van der Waals surface area contributed by atoms with E-state index >= 15 is 0 Å². The summed E-state index contributed by atoms with van der Waals surface area (Å²) >= 11 is 0. The average Bonchev–Trinajstić information content (AvgIpc) is 2.90. The van der Waals surface area contributed by atoms with E-state index in [-0.39, 0.29) is 0 Å². The summed E-state index contributed by atoms with van der Waals surface area (Å²) in [5.74, 6) is 11.8. The highest BCUT2D eigenvalue weighted by molar-refractivity contribution is 5.31. The van der Waals surface area contributed by atoms with E-state index in [0.29, 0.717) is 11.8 Å². The molecular formula is C33H50O2. The molecule has 1 aromatic carbocycles. The highest BCUT2D eigenvalue weighted by Gasteiger charge is 2.21. The van der Waals surface area contributed by atoms with Crippen molar-refractivity contribution >= 4 is 0 Å². The Morgan fingerprint density at radius 3 is 2.06 bits per heavy atom. The van der Waals surface area contributed by atoms with Gasteiger partial charge in [0.05, 0.1) is 13.2 Å². The standard InChI is InChI=1S/C33H50O2/c1-3-5-7-11-28-14-16-29(17-15-28)12-8-9-13-30-18-20-31(21-19-30)27-35-33-24-22-32(23-25-33)34-26-10-6-4-2/h8,12,22-25,28-31H,3-7,10-11,14-21,26-27H2,1-2H3/b12-8+/t28-,29-,30-,31-. The number of allylic oxidation sites excluding steroid dienone is 2. The molecule has 0 heterocycles. The summed E-state index contributed by atoms with van der Waals surface area (Å²) < 4.78 is 11.9. The molecule has 0 N–H and O–H groups in total. The summed E-state index contributed by atoms with van der Waals surface area (Å²) in [5.41, 5.74) is 0. The van der Waals surface area contributed by atoms with Gasteiger partial charge in [0, 0.05) is 5.92 Å². The zero-order valence-corrected chi connectivity index (χ0v) is 22.6. The lowest BCUT2D eigenvalue weighted by molar-refractivity contribution is 0.196. The molecule has 2 aliphatic carbocycles. The molecule has 0 spiro atoms. The number of hydrogen-bond donors (Lipinski definition) is 0. The normalized spacial score (nSPS) is 24.6. The van der Waals surface area contributed by atoms with E-state index in [1.165, 1.54) is 89.9 Å². The fraction of sp³-hybridized carbons (Fsp3) is 0.697.